The summed E-state index contributed by atoms with van der Waals surface area (Å²) < 4.78 is 5.25. The number of rotatable bonds is 6. The fourth-order valence-corrected chi connectivity index (χ4v) is 4.76. The molecule has 0 saturated carbocycles. The van der Waals surface area contributed by atoms with Gasteiger partial charge in [-0.2, -0.15) is 0 Å². The SMILES string of the molecule is COc1ccc(CN2C(=O)C(=O)/C(=C(\O)c3ccc4ccccc4c3)C2c2ccc(N(C)C)cc2)cc1. The largest absolute Gasteiger partial charge is 0.507 e. The third-order valence-electron chi connectivity index (χ3n) is 6.80. The molecule has 1 fully saturated rings. The summed E-state index contributed by atoms with van der Waals surface area (Å²) in [5.74, 6) is -0.804. The highest BCUT2D eigenvalue weighted by atomic mass is 16.5. The number of ether oxygens (including phenoxy) is 1. The standard InChI is InChI=1S/C31H28N2O4/c1-32(2)25-14-12-22(13-15-25)28-27(29(34)24-11-10-21-6-4-5-7-23(21)18-24)30(35)31(36)33(28)19-20-8-16-26(37-3)17-9-20/h4-18,28,34H,19H2,1-3H3/b29-27-. The number of likely N-dealkylation sites (tertiary alicyclic amines) is 1. The fraction of sp³-hybridized carbons (Fsp3) is 0.161. The van der Waals surface area contributed by atoms with Gasteiger partial charge in [-0.15, -0.1) is 0 Å². The molecule has 1 heterocycles. The van der Waals surface area contributed by atoms with Crippen molar-refractivity contribution in [2.75, 3.05) is 26.1 Å². The molecule has 5 rings (SSSR count). The van der Waals surface area contributed by atoms with Crippen LogP contribution in [0.4, 0.5) is 5.69 Å². The lowest BCUT2D eigenvalue weighted by Gasteiger charge is -2.26. The zero-order chi connectivity index (χ0) is 26.1. The van der Waals surface area contributed by atoms with Crippen LogP contribution in [0.3, 0.4) is 0 Å². The van der Waals surface area contributed by atoms with E-state index in [0.29, 0.717) is 11.3 Å². The van der Waals surface area contributed by atoms with Crippen molar-refractivity contribution in [3.8, 4) is 5.75 Å². The number of methoxy groups -OCH3 is 1. The van der Waals surface area contributed by atoms with Gasteiger partial charge in [0.1, 0.15) is 11.5 Å². The summed E-state index contributed by atoms with van der Waals surface area (Å²) in [4.78, 5) is 30.3. The Bertz CT molecular complexity index is 1500. The van der Waals surface area contributed by atoms with E-state index in [1.807, 2.05) is 104 Å². The molecular formula is C31H28N2O4. The van der Waals surface area contributed by atoms with Crippen LogP contribution in [0.25, 0.3) is 16.5 Å². The summed E-state index contributed by atoms with van der Waals surface area (Å²) in [6, 6.07) is 27.7. The second kappa shape index (κ2) is 9.82. The number of benzene rings is 4. The topological polar surface area (TPSA) is 70.1 Å². The third kappa shape index (κ3) is 4.54. The van der Waals surface area contributed by atoms with E-state index in [2.05, 4.69) is 0 Å². The molecule has 1 N–H and O–H groups in total. The first-order valence-electron chi connectivity index (χ1n) is 12.0. The molecule has 1 unspecified atom stereocenters. The number of hydrogen-bond acceptors (Lipinski definition) is 5. The van der Waals surface area contributed by atoms with Crippen LogP contribution in [0.15, 0.2) is 96.6 Å². The van der Waals surface area contributed by atoms with Gasteiger partial charge in [0.25, 0.3) is 11.7 Å². The van der Waals surface area contributed by atoms with Gasteiger partial charge in [0.15, 0.2) is 0 Å². The molecule has 0 aliphatic carbocycles. The Balaban J connectivity index is 1.63. The molecule has 1 amide bonds. The minimum atomic E-state index is -0.732. The van der Waals surface area contributed by atoms with Crippen molar-refractivity contribution in [1.29, 1.82) is 0 Å². The van der Waals surface area contributed by atoms with Crippen molar-refractivity contribution in [1.82, 2.24) is 4.90 Å². The Morgan fingerprint density at radius 2 is 1.57 bits per heavy atom. The predicted octanol–water partition coefficient (Wildman–Crippen LogP) is 5.54. The van der Waals surface area contributed by atoms with Gasteiger partial charge in [0, 0.05) is 31.9 Å². The van der Waals surface area contributed by atoms with Crippen molar-refractivity contribution in [2.45, 2.75) is 12.6 Å². The number of aliphatic hydroxyl groups excluding tert-OH is 1. The van der Waals surface area contributed by atoms with Crippen LogP contribution >= 0.6 is 0 Å². The minimum Gasteiger partial charge on any atom is -0.507 e. The maximum Gasteiger partial charge on any atom is 0.295 e. The van der Waals surface area contributed by atoms with Gasteiger partial charge in [-0.3, -0.25) is 9.59 Å². The minimum absolute atomic E-state index is 0.0893. The second-order valence-electron chi connectivity index (χ2n) is 9.32. The average molecular weight is 493 g/mol. The summed E-state index contributed by atoms with van der Waals surface area (Å²) in [6.45, 7) is 0.211. The van der Waals surface area contributed by atoms with E-state index in [0.717, 1.165) is 27.6 Å². The zero-order valence-electron chi connectivity index (χ0n) is 21.0. The fourth-order valence-electron chi connectivity index (χ4n) is 4.76. The van der Waals surface area contributed by atoms with Gasteiger partial charge in [0.05, 0.1) is 18.7 Å². The Kier molecular flexibility index (Phi) is 6.40. The monoisotopic (exact) mass is 492 g/mol. The number of carbonyl (C=O) groups is 2. The lowest BCUT2D eigenvalue weighted by atomic mass is 9.94. The van der Waals surface area contributed by atoms with Gasteiger partial charge < -0.3 is 19.6 Å². The molecule has 4 aromatic carbocycles. The van der Waals surface area contributed by atoms with Crippen molar-refractivity contribution < 1.29 is 19.4 Å². The van der Waals surface area contributed by atoms with Crippen molar-refractivity contribution in [3.63, 3.8) is 0 Å². The highest BCUT2D eigenvalue weighted by Gasteiger charge is 2.46. The van der Waals surface area contributed by atoms with Gasteiger partial charge in [-0.25, -0.2) is 0 Å². The average Bonchev–Trinajstić information content (AvgIpc) is 3.17. The van der Waals surface area contributed by atoms with Crippen LogP contribution in [0.1, 0.15) is 22.7 Å². The Hall–Kier alpha value is -4.58. The van der Waals surface area contributed by atoms with Crippen LogP contribution in [-0.2, 0) is 16.1 Å². The molecule has 4 aromatic rings. The number of Topliss-reactive ketones (excluding diaryl/α,β-unsaturated/α-hetero) is 1. The molecule has 0 bridgehead atoms. The molecule has 37 heavy (non-hydrogen) atoms. The van der Waals surface area contributed by atoms with Gasteiger partial charge in [-0.05, 0) is 52.2 Å². The molecule has 0 spiro atoms. The maximum atomic E-state index is 13.4. The molecule has 1 aliphatic heterocycles. The number of nitrogens with zero attached hydrogens (tertiary/aromatic N) is 2. The predicted molar refractivity (Wildman–Crippen MR) is 146 cm³/mol. The number of hydrogen-bond donors (Lipinski definition) is 1. The smallest absolute Gasteiger partial charge is 0.295 e. The van der Waals surface area contributed by atoms with Crippen molar-refractivity contribution >= 4 is 33.9 Å². The number of carbonyl (C=O) groups excluding carboxylic acids is 2. The first kappa shape index (κ1) is 24.1. The molecule has 186 valence electrons. The maximum absolute atomic E-state index is 13.4. The molecule has 1 atom stereocenters. The molecule has 6 nitrogen and oxygen atoms in total. The Morgan fingerprint density at radius 3 is 2.22 bits per heavy atom. The molecule has 0 radical (unpaired) electrons. The number of anilines is 1. The van der Waals surface area contributed by atoms with Gasteiger partial charge in [-0.1, -0.05) is 60.7 Å². The molecule has 6 heteroatoms. The van der Waals surface area contributed by atoms with E-state index in [9.17, 15) is 14.7 Å². The quantitative estimate of drug-likeness (QED) is 0.218. The lowest BCUT2D eigenvalue weighted by molar-refractivity contribution is -0.140. The normalized spacial score (nSPS) is 16.8. The van der Waals surface area contributed by atoms with E-state index >= 15 is 0 Å². The van der Waals surface area contributed by atoms with Crippen LogP contribution in [0, 0.1) is 0 Å². The third-order valence-corrected chi connectivity index (χ3v) is 6.80. The zero-order valence-corrected chi connectivity index (χ0v) is 21.0. The molecular weight excluding hydrogens is 464 g/mol. The second-order valence-corrected chi connectivity index (χ2v) is 9.32. The Labute approximate surface area is 216 Å². The van der Waals surface area contributed by atoms with Gasteiger partial charge >= 0.3 is 0 Å². The summed E-state index contributed by atoms with van der Waals surface area (Å²) in [7, 11) is 5.49. The van der Waals surface area contributed by atoms with E-state index in [-0.39, 0.29) is 17.9 Å². The summed E-state index contributed by atoms with van der Waals surface area (Å²) in [5.41, 5.74) is 3.18. The van der Waals surface area contributed by atoms with Gasteiger partial charge in [0.2, 0.25) is 0 Å². The van der Waals surface area contributed by atoms with Crippen LogP contribution in [-0.4, -0.2) is 42.9 Å². The van der Waals surface area contributed by atoms with Crippen molar-refractivity contribution in [2.24, 2.45) is 0 Å². The lowest BCUT2D eigenvalue weighted by Crippen LogP contribution is -2.29. The first-order chi connectivity index (χ1) is 17.9. The van der Waals surface area contributed by atoms with Crippen LogP contribution in [0.2, 0.25) is 0 Å². The number of aliphatic hydroxyl groups is 1. The highest BCUT2D eigenvalue weighted by molar-refractivity contribution is 6.46. The highest BCUT2D eigenvalue weighted by Crippen LogP contribution is 2.41. The summed E-state index contributed by atoms with van der Waals surface area (Å²) in [6.07, 6.45) is 0. The summed E-state index contributed by atoms with van der Waals surface area (Å²) >= 11 is 0. The van der Waals surface area contributed by atoms with E-state index in [4.69, 9.17) is 4.74 Å². The first-order valence-corrected chi connectivity index (χ1v) is 12.0. The van der Waals surface area contributed by atoms with E-state index in [1.54, 1.807) is 13.2 Å². The molecule has 1 saturated heterocycles. The van der Waals surface area contributed by atoms with Crippen LogP contribution < -0.4 is 9.64 Å². The van der Waals surface area contributed by atoms with Crippen molar-refractivity contribution in [3.05, 3.63) is 113 Å². The molecule has 1 aliphatic rings. The van der Waals surface area contributed by atoms with E-state index < -0.39 is 17.7 Å². The molecule has 0 aromatic heterocycles. The van der Waals surface area contributed by atoms with Crippen LogP contribution in [0.5, 0.6) is 5.75 Å². The number of amides is 1. The van der Waals surface area contributed by atoms with E-state index in [1.165, 1.54) is 4.90 Å². The Morgan fingerprint density at radius 1 is 0.892 bits per heavy atom. The number of fused-ring (bicyclic) bond motifs is 1. The summed E-state index contributed by atoms with van der Waals surface area (Å²) in [5, 5.41) is 13.4. The number of ketones is 1.